The molecule has 6 nitrogen and oxygen atoms in total. The van der Waals surface area contributed by atoms with Crippen LogP contribution in [0.2, 0.25) is 0 Å². The molecule has 0 bridgehead atoms. The molecular weight excluding hydrogens is 352 g/mol. The van der Waals surface area contributed by atoms with E-state index in [2.05, 4.69) is 20.9 Å². The lowest BCUT2D eigenvalue weighted by molar-refractivity contribution is -0.145. The van der Waals surface area contributed by atoms with Crippen LogP contribution in [0.5, 0.6) is 0 Å². The fraction of sp³-hybridized carbons (Fsp3) is 0.318. The summed E-state index contributed by atoms with van der Waals surface area (Å²) in [5.41, 5.74) is 2.02. The number of aromatic nitrogens is 2. The fourth-order valence-electron chi connectivity index (χ4n) is 3.70. The van der Waals surface area contributed by atoms with E-state index in [-0.39, 0.29) is 11.9 Å². The zero-order valence-corrected chi connectivity index (χ0v) is 16.2. The molecule has 1 fully saturated rings. The lowest BCUT2D eigenvalue weighted by Crippen LogP contribution is -2.56. The van der Waals surface area contributed by atoms with Crippen molar-refractivity contribution in [3.05, 3.63) is 66.5 Å². The summed E-state index contributed by atoms with van der Waals surface area (Å²) in [6.07, 6.45) is 3.05. The van der Waals surface area contributed by atoms with Gasteiger partial charge in [0, 0.05) is 37.9 Å². The number of amides is 1. The highest BCUT2D eigenvalue weighted by Crippen LogP contribution is 2.22. The number of carbonyl (C=O) groups is 1. The normalized spacial score (nSPS) is 19.6. The number of nitrogens with zero attached hydrogens (tertiary/aromatic N) is 4. The van der Waals surface area contributed by atoms with Crippen molar-refractivity contribution >= 4 is 22.6 Å². The first-order valence-electron chi connectivity index (χ1n) is 9.51. The van der Waals surface area contributed by atoms with Crippen LogP contribution < -0.4 is 4.90 Å². The molecular formula is C22H24N4O2. The van der Waals surface area contributed by atoms with Gasteiger partial charge in [-0.2, -0.15) is 0 Å². The maximum atomic E-state index is 13.1. The first kappa shape index (κ1) is 18.4. The van der Waals surface area contributed by atoms with Crippen molar-refractivity contribution in [2.45, 2.75) is 25.6 Å². The summed E-state index contributed by atoms with van der Waals surface area (Å²) in [6.45, 7) is 3.78. The molecule has 4 rings (SSSR count). The molecule has 0 radical (unpaired) electrons. The monoisotopic (exact) mass is 376 g/mol. The number of anilines is 1. The Labute approximate surface area is 164 Å². The van der Waals surface area contributed by atoms with Gasteiger partial charge in [0.1, 0.15) is 5.82 Å². The summed E-state index contributed by atoms with van der Waals surface area (Å²) in [5, 5.41) is 1.07. The molecule has 2 atom stereocenters. The molecule has 3 heterocycles. The molecule has 2 unspecified atom stereocenters. The number of fused-ring (bicyclic) bond motifs is 1. The molecule has 0 spiro atoms. The van der Waals surface area contributed by atoms with E-state index in [9.17, 15) is 4.79 Å². The molecule has 1 aromatic carbocycles. The summed E-state index contributed by atoms with van der Waals surface area (Å²) in [4.78, 5) is 25.7. The Morgan fingerprint density at radius 1 is 1.18 bits per heavy atom. The highest BCUT2D eigenvalue weighted by atomic mass is 16.5. The lowest BCUT2D eigenvalue weighted by atomic mass is 10.1. The molecule has 2 aromatic heterocycles. The van der Waals surface area contributed by atoms with Gasteiger partial charge in [-0.1, -0.05) is 18.2 Å². The van der Waals surface area contributed by atoms with Gasteiger partial charge in [0.2, 0.25) is 0 Å². The van der Waals surface area contributed by atoms with Crippen LogP contribution >= 0.6 is 0 Å². The minimum atomic E-state index is -0.511. The Morgan fingerprint density at radius 2 is 2.04 bits per heavy atom. The Kier molecular flexibility index (Phi) is 5.21. The molecule has 6 heteroatoms. The molecule has 1 amide bonds. The van der Waals surface area contributed by atoms with E-state index in [4.69, 9.17) is 4.74 Å². The summed E-state index contributed by atoms with van der Waals surface area (Å²) in [5.74, 6) is 0.861. The van der Waals surface area contributed by atoms with Gasteiger partial charge in [-0.25, -0.2) is 4.98 Å². The van der Waals surface area contributed by atoms with Crippen molar-refractivity contribution in [3.8, 4) is 0 Å². The Morgan fingerprint density at radius 3 is 2.86 bits per heavy atom. The highest BCUT2D eigenvalue weighted by Gasteiger charge is 2.36. The molecule has 0 N–H and O–H groups in total. The number of hydrogen-bond donors (Lipinski definition) is 0. The van der Waals surface area contributed by atoms with Crippen LogP contribution in [-0.2, 0) is 16.1 Å². The number of hydrogen-bond acceptors (Lipinski definition) is 5. The maximum Gasteiger partial charge on any atom is 0.253 e. The topological polar surface area (TPSA) is 58.6 Å². The molecule has 3 aromatic rings. The molecule has 144 valence electrons. The number of morpholine rings is 1. The van der Waals surface area contributed by atoms with Crippen LogP contribution in [0.25, 0.3) is 10.9 Å². The van der Waals surface area contributed by atoms with Crippen LogP contribution in [0.1, 0.15) is 12.5 Å². The average Bonchev–Trinajstić information content (AvgIpc) is 2.74. The van der Waals surface area contributed by atoms with Crippen LogP contribution in [0.3, 0.4) is 0 Å². The summed E-state index contributed by atoms with van der Waals surface area (Å²) in [7, 11) is 1.82. The van der Waals surface area contributed by atoms with E-state index in [0.717, 1.165) is 28.8 Å². The first-order chi connectivity index (χ1) is 13.6. The van der Waals surface area contributed by atoms with Gasteiger partial charge in [-0.3, -0.25) is 9.78 Å². The van der Waals surface area contributed by atoms with Gasteiger partial charge in [-0.15, -0.1) is 0 Å². The highest BCUT2D eigenvalue weighted by molar-refractivity contribution is 5.83. The molecule has 1 aliphatic heterocycles. The van der Waals surface area contributed by atoms with Gasteiger partial charge >= 0.3 is 0 Å². The van der Waals surface area contributed by atoms with E-state index in [1.807, 2.05) is 56.4 Å². The summed E-state index contributed by atoms with van der Waals surface area (Å²) in [6, 6.07) is 15.8. The van der Waals surface area contributed by atoms with Crippen LogP contribution in [0.4, 0.5) is 5.82 Å². The van der Waals surface area contributed by atoms with E-state index in [1.165, 1.54) is 0 Å². The zero-order chi connectivity index (χ0) is 19.5. The predicted octanol–water partition coefficient (Wildman–Crippen LogP) is 2.88. The number of likely N-dealkylation sites (N-methyl/N-ethyl adjacent to an activating group) is 1. The van der Waals surface area contributed by atoms with Crippen molar-refractivity contribution in [1.29, 1.82) is 0 Å². The second-order valence-corrected chi connectivity index (χ2v) is 7.14. The van der Waals surface area contributed by atoms with Crippen molar-refractivity contribution in [3.63, 3.8) is 0 Å². The third-order valence-corrected chi connectivity index (χ3v) is 5.21. The van der Waals surface area contributed by atoms with Crippen LogP contribution in [0.15, 0.2) is 60.9 Å². The number of rotatable bonds is 4. The van der Waals surface area contributed by atoms with Crippen molar-refractivity contribution in [2.75, 3.05) is 25.1 Å². The van der Waals surface area contributed by atoms with Gasteiger partial charge in [0.05, 0.1) is 18.2 Å². The smallest absolute Gasteiger partial charge is 0.253 e. The van der Waals surface area contributed by atoms with Gasteiger partial charge in [0.15, 0.2) is 6.10 Å². The number of benzene rings is 1. The maximum absolute atomic E-state index is 13.1. The van der Waals surface area contributed by atoms with Gasteiger partial charge in [0.25, 0.3) is 5.91 Å². The number of pyridine rings is 2. The van der Waals surface area contributed by atoms with Crippen LogP contribution in [0, 0.1) is 0 Å². The van der Waals surface area contributed by atoms with E-state index >= 15 is 0 Å². The largest absolute Gasteiger partial charge is 0.364 e. The first-order valence-corrected chi connectivity index (χ1v) is 9.51. The SMILES string of the molecule is CC1C(C(=O)N(C)Cc2ccc3ncccc3c2)OCCN1c1ccccn1. The van der Waals surface area contributed by atoms with E-state index in [0.29, 0.717) is 13.2 Å². The quantitative estimate of drug-likeness (QED) is 0.701. The molecule has 1 saturated heterocycles. The molecule has 0 aliphatic carbocycles. The third-order valence-electron chi connectivity index (χ3n) is 5.21. The van der Waals surface area contributed by atoms with Crippen molar-refractivity contribution in [1.82, 2.24) is 14.9 Å². The number of ether oxygens (including phenoxy) is 1. The summed E-state index contributed by atoms with van der Waals surface area (Å²) >= 11 is 0. The second kappa shape index (κ2) is 7.94. The molecule has 1 aliphatic rings. The second-order valence-electron chi connectivity index (χ2n) is 7.14. The zero-order valence-electron chi connectivity index (χ0n) is 16.2. The fourth-order valence-corrected chi connectivity index (χ4v) is 3.70. The minimum absolute atomic E-state index is 0.0144. The molecule has 0 saturated carbocycles. The predicted molar refractivity (Wildman–Crippen MR) is 109 cm³/mol. The lowest BCUT2D eigenvalue weighted by Gasteiger charge is -2.40. The number of carbonyl (C=O) groups excluding carboxylic acids is 1. The minimum Gasteiger partial charge on any atom is -0.364 e. The van der Waals surface area contributed by atoms with E-state index in [1.54, 1.807) is 17.3 Å². The van der Waals surface area contributed by atoms with Crippen LogP contribution in [-0.4, -0.2) is 53.1 Å². The standard InChI is InChI=1S/C22H24N4O2/c1-16-21(28-13-12-26(16)20-7-3-4-10-24-20)22(27)25(2)15-17-8-9-19-18(14-17)6-5-11-23-19/h3-11,14,16,21H,12-13,15H2,1-2H3. The van der Waals surface area contributed by atoms with E-state index < -0.39 is 6.10 Å². The van der Waals surface area contributed by atoms with Gasteiger partial charge < -0.3 is 14.5 Å². The summed E-state index contributed by atoms with van der Waals surface area (Å²) < 4.78 is 5.86. The Balaban J connectivity index is 1.47. The van der Waals surface area contributed by atoms with Crippen molar-refractivity contribution in [2.24, 2.45) is 0 Å². The third kappa shape index (κ3) is 3.68. The Hall–Kier alpha value is -2.99. The van der Waals surface area contributed by atoms with Crippen molar-refractivity contribution < 1.29 is 9.53 Å². The Bertz CT molecular complexity index is 963. The van der Waals surface area contributed by atoms with Gasteiger partial charge in [-0.05, 0) is 42.8 Å². The molecule has 28 heavy (non-hydrogen) atoms. The average molecular weight is 376 g/mol.